The zero-order valence-corrected chi connectivity index (χ0v) is 36.8. The number of anilines is 4. The van der Waals surface area contributed by atoms with Gasteiger partial charge in [0.05, 0.1) is 37.8 Å². The van der Waals surface area contributed by atoms with E-state index in [9.17, 15) is 0 Å². The van der Waals surface area contributed by atoms with E-state index in [-0.39, 0.29) is 29.7 Å². The standard InChI is InChI=1S/2C19H24N4O.C2H4O2.3C2H6.4CH4/c2*1-2-9-22-10-8-16-17(15-6-4-3-5-7-15)20-19(21-18(16)22)23-11-13-24-14-12-23;1-2(3)4;3*1-2;;;;/h2*3-7H,2,8-14H2,1H3;1H3,(H,3,4);3*1-2H3;4*1H4. The lowest BCUT2D eigenvalue weighted by atomic mass is 10.1. The minimum Gasteiger partial charge on any atom is -0.481 e. The number of hydrogen-bond acceptors (Lipinski definition) is 11. The molecule has 0 amide bonds. The van der Waals surface area contributed by atoms with E-state index in [0.717, 1.165) is 146 Å². The molecular formula is C50H86N8O4. The average Bonchev–Trinajstić information content (AvgIpc) is 3.90. The Morgan fingerprint density at radius 1 is 0.548 bits per heavy atom. The Bertz CT molecular complexity index is 1620. The van der Waals surface area contributed by atoms with Crippen LogP contribution in [-0.4, -0.2) is 110 Å². The third kappa shape index (κ3) is 16.5. The van der Waals surface area contributed by atoms with Crippen molar-refractivity contribution in [1.82, 2.24) is 19.9 Å². The molecule has 1 N–H and O–H groups in total. The van der Waals surface area contributed by atoms with Crippen LogP contribution in [-0.2, 0) is 27.1 Å². The van der Waals surface area contributed by atoms with E-state index in [2.05, 4.69) is 94.1 Å². The highest BCUT2D eigenvalue weighted by Crippen LogP contribution is 2.37. The molecule has 0 bridgehead atoms. The van der Waals surface area contributed by atoms with E-state index in [1.165, 1.54) is 22.3 Å². The molecular weight excluding hydrogens is 777 g/mol. The molecule has 8 rings (SSSR count). The monoisotopic (exact) mass is 863 g/mol. The van der Waals surface area contributed by atoms with Gasteiger partial charge < -0.3 is 34.2 Å². The number of rotatable bonds is 8. The van der Waals surface area contributed by atoms with Gasteiger partial charge in [-0.05, 0) is 25.7 Å². The third-order valence-corrected chi connectivity index (χ3v) is 9.48. The SMILES string of the molecule is C.C.C.C.CC.CC.CC.CC(=O)O.CCCN1CCc2c(-c3ccccc3)nc(N3CCOCC3)nc21.CCCN1CCc2c(-c3ccccc3)nc(N3CCOCC3)nc21. The van der Waals surface area contributed by atoms with Gasteiger partial charge in [-0.25, -0.2) is 9.97 Å². The van der Waals surface area contributed by atoms with Crippen molar-refractivity contribution in [2.24, 2.45) is 0 Å². The fraction of sp³-hybridized carbons (Fsp3) is 0.580. The molecule has 6 heterocycles. The molecule has 62 heavy (non-hydrogen) atoms. The number of carbonyl (C=O) groups is 1. The first-order valence-corrected chi connectivity index (χ1v) is 21.7. The molecule has 0 aliphatic carbocycles. The van der Waals surface area contributed by atoms with Crippen molar-refractivity contribution in [2.45, 2.75) is 118 Å². The topological polar surface area (TPSA) is 120 Å². The van der Waals surface area contributed by atoms with Crippen LogP contribution in [0.2, 0.25) is 0 Å². The zero-order chi connectivity index (χ0) is 42.3. The van der Waals surface area contributed by atoms with Crippen molar-refractivity contribution in [3.05, 3.63) is 71.8 Å². The number of carboxylic acid groups (broad SMARTS) is 1. The molecule has 0 saturated carbocycles. The lowest BCUT2D eigenvalue weighted by molar-refractivity contribution is -0.134. The first kappa shape index (κ1) is 59.3. The second-order valence-electron chi connectivity index (χ2n) is 13.3. The summed E-state index contributed by atoms with van der Waals surface area (Å²) in [6.07, 6.45) is 4.33. The van der Waals surface area contributed by atoms with Gasteiger partial charge in [0.2, 0.25) is 11.9 Å². The molecule has 12 nitrogen and oxygen atoms in total. The summed E-state index contributed by atoms with van der Waals surface area (Å²) < 4.78 is 11.0. The van der Waals surface area contributed by atoms with E-state index in [1.807, 2.05) is 41.5 Å². The summed E-state index contributed by atoms with van der Waals surface area (Å²) in [5.74, 6) is 3.12. The number of morpholine rings is 2. The number of hydrogen-bond donors (Lipinski definition) is 1. The molecule has 2 aromatic carbocycles. The maximum absolute atomic E-state index is 9.00. The van der Waals surface area contributed by atoms with Crippen LogP contribution in [0, 0.1) is 0 Å². The van der Waals surface area contributed by atoms with Crippen molar-refractivity contribution >= 4 is 29.5 Å². The summed E-state index contributed by atoms with van der Waals surface area (Å²) in [6, 6.07) is 21.0. The molecule has 4 aliphatic heterocycles. The Labute approximate surface area is 378 Å². The second-order valence-corrected chi connectivity index (χ2v) is 13.3. The molecule has 12 heteroatoms. The van der Waals surface area contributed by atoms with Gasteiger partial charge in [-0.3, -0.25) is 4.79 Å². The number of ether oxygens (including phenoxy) is 2. The lowest BCUT2D eigenvalue weighted by Crippen LogP contribution is -2.37. The predicted molar refractivity (Wildman–Crippen MR) is 268 cm³/mol. The van der Waals surface area contributed by atoms with Crippen molar-refractivity contribution < 1.29 is 19.4 Å². The van der Waals surface area contributed by atoms with Crippen LogP contribution >= 0.6 is 0 Å². The number of nitrogens with zero attached hydrogens (tertiary/aromatic N) is 8. The van der Waals surface area contributed by atoms with E-state index >= 15 is 0 Å². The largest absolute Gasteiger partial charge is 0.481 e. The van der Waals surface area contributed by atoms with Crippen molar-refractivity contribution in [3.63, 3.8) is 0 Å². The van der Waals surface area contributed by atoms with E-state index < -0.39 is 5.97 Å². The fourth-order valence-corrected chi connectivity index (χ4v) is 7.06. The molecule has 4 aromatic rings. The molecule has 0 unspecified atom stereocenters. The summed E-state index contributed by atoms with van der Waals surface area (Å²) in [6.45, 7) is 28.2. The van der Waals surface area contributed by atoms with Crippen LogP contribution in [0.1, 0.15) is 116 Å². The van der Waals surface area contributed by atoms with Crippen LogP contribution in [0.25, 0.3) is 22.5 Å². The Kier molecular flexibility index (Phi) is 31.4. The molecule has 0 radical (unpaired) electrons. The van der Waals surface area contributed by atoms with E-state index in [4.69, 9.17) is 39.3 Å². The third-order valence-electron chi connectivity index (χ3n) is 9.48. The van der Waals surface area contributed by atoms with Crippen LogP contribution in [0.15, 0.2) is 60.7 Å². The van der Waals surface area contributed by atoms with Crippen LogP contribution in [0.3, 0.4) is 0 Å². The van der Waals surface area contributed by atoms with Gasteiger partial charge in [-0.15, -0.1) is 0 Å². The van der Waals surface area contributed by atoms with Gasteiger partial charge >= 0.3 is 0 Å². The van der Waals surface area contributed by atoms with Gasteiger partial charge in [0.25, 0.3) is 5.97 Å². The summed E-state index contributed by atoms with van der Waals surface area (Å²) in [5.41, 5.74) is 7.16. The second kappa shape index (κ2) is 32.8. The Morgan fingerprint density at radius 2 is 0.855 bits per heavy atom. The number of aromatic nitrogens is 4. The van der Waals surface area contributed by atoms with Crippen molar-refractivity contribution in [1.29, 1.82) is 0 Å². The Morgan fingerprint density at radius 3 is 1.15 bits per heavy atom. The summed E-state index contributed by atoms with van der Waals surface area (Å²) in [5, 5.41) is 7.42. The molecule has 0 atom stereocenters. The number of carboxylic acids is 1. The van der Waals surface area contributed by atoms with Crippen molar-refractivity contribution in [2.75, 3.05) is 98.4 Å². The number of aliphatic carboxylic acids is 1. The fourth-order valence-electron chi connectivity index (χ4n) is 7.06. The zero-order valence-electron chi connectivity index (χ0n) is 36.8. The number of benzene rings is 2. The van der Waals surface area contributed by atoms with Crippen LogP contribution < -0.4 is 19.6 Å². The Balaban J connectivity index is 0. The highest BCUT2D eigenvalue weighted by Gasteiger charge is 2.29. The predicted octanol–water partition coefficient (Wildman–Crippen LogP) is 11.2. The molecule has 4 aliphatic rings. The highest BCUT2D eigenvalue weighted by molar-refractivity contribution is 5.74. The number of fused-ring (bicyclic) bond motifs is 2. The minimum absolute atomic E-state index is 0. The van der Waals surface area contributed by atoms with Crippen molar-refractivity contribution in [3.8, 4) is 22.5 Å². The lowest BCUT2D eigenvalue weighted by Gasteiger charge is -2.28. The average molecular weight is 863 g/mol. The minimum atomic E-state index is -0.833. The molecule has 2 saturated heterocycles. The first-order chi connectivity index (χ1) is 28.5. The van der Waals surface area contributed by atoms with Gasteiger partial charge in [-0.1, -0.05) is 146 Å². The molecule has 2 aromatic heterocycles. The van der Waals surface area contributed by atoms with Crippen LogP contribution in [0.5, 0.6) is 0 Å². The van der Waals surface area contributed by atoms with E-state index in [1.54, 1.807) is 0 Å². The van der Waals surface area contributed by atoms with Gasteiger partial charge in [0.1, 0.15) is 11.6 Å². The smallest absolute Gasteiger partial charge is 0.300 e. The molecule has 2 fully saturated rings. The molecule has 350 valence electrons. The summed E-state index contributed by atoms with van der Waals surface area (Å²) >= 11 is 0. The maximum Gasteiger partial charge on any atom is 0.300 e. The Hall–Kier alpha value is -4.81. The van der Waals surface area contributed by atoms with E-state index in [0.29, 0.717) is 0 Å². The normalized spacial score (nSPS) is 14.0. The maximum atomic E-state index is 9.00. The van der Waals surface area contributed by atoms with Gasteiger partial charge in [0, 0.05) is 81.5 Å². The summed E-state index contributed by atoms with van der Waals surface area (Å²) in [7, 11) is 0. The highest BCUT2D eigenvalue weighted by atomic mass is 16.5. The first-order valence-electron chi connectivity index (χ1n) is 21.7. The molecule has 0 spiro atoms. The van der Waals surface area contributed by atoms with Gasteiger partial charge in [-0.2, -0.15) is 9.97 Å². The van der Waals surface area contributed by atoms with Gasteiger partial charge in [0.15, 0.2) is 0 Å². The summed E-state index contributed by atoms with van der Waals surface area (Å²) in [4.78, 5) is 38.1. The quantitative estimate of drug-likeness (QED) is 0.182. The van der Waals surface area contributed by atoms with Crippen LogP contribution in [0.4, 0.5) is 23.5 Å².